The highest BCUT2D eigenvalue weighted by Gasteiger charge is 2.08. The highest BCUT2D eigenvalue weighted by Crippen LogP contribution is 2.31. The fraction of sp³-hybridized carbons (Fsp3) is 0.0667. The van der Waals surface area contributed by atoms with Crippen LogP contribution in [0.1, 0.15) is 0 Å². The third-order valence-electron chi connectivity index (χ3n) is 2.87. The molecular formula is C15H13N3O3S. The summed E-state index contributed by atoms with van der Waals surface area (Å²) in [5.74, 6) is 1.39. The van der Waals surface area contributed by atoms with E-state index in [0.717, 1.165) is 10.2 Å². The van der Waals surface area contributed by atoms with Crippen molar-refractivity contribution in [3.05, 3.63) is 42.5 Å². The van der Waals surface area contributed by atoms with Crippen LogP contribution in [-0.4, -0.2) is 18.2 Å². The van der Waals surface area contributed by atoms with E-state index in [1.165, 1.54) is 18.4 Å². The fourth-order valence-electron chi connectivity index (χ4n) is 1.83. The van der Waals surface area contributed by atoms with Gasteiger partial charge < -0.3 is 15.2 Å². The molecule has 0 aliphatic heterocycles. The quantitative estimate of drug-likeness (QED) is 0.717. The molecule has 0 aliphatic carbocycles. The van der Waals surface area contributed by atoms with Gasteiger partial charge in [-0.15, -0.1) is 0 Å². The van der Waals surface area contributed by atoms with Gasteiger partial charge >= 0.3 is 6.09 Å². The summed E-state index contributed by atoms with van der Waals surface area (Å²) in [6, 6.07) is 12.7. The van der Waals surface area contributed by atoms with Crippen molar-refractivity contribution in [2.45, 2.75) is 0 Å². The van der Waals surface area contributed by atoms with Gasteiger partial charge in [-0.25, -0.2) is 9.78 Å². The van der Waals surface area contributed by atoms with E-state index in [1.54, 1.807) is 24.3 Å². The first kappa shape index (κ1) is 14.2. The predicted molar refractivity (Wildman–Crippen MR) is 86.6 cm³/mol. The molecule has 2 aromatic carbocycles. The number of nitrogen functional groups attached to an aromatic ring is 1. The second kappa shape index (κ2) is 5.90. The molecule has 7 heteroatoms. The minimum atomic E-state index is -0.544. The van der Waals surface area contributed by atoms with Crippen LogP contribution in [0.15, 0.2) is 42.5 Å². The number of thiazole rings is 1. The second-order valence-corrected chi connectivity index (χ2v) is 5.47. The number of aromatic nitrogens is 1. The van der Waals surface area contributed by atoms with Crippen LogP contribution in [0.2, 0.25) is 0 Å². The Kier molecular flexibility index (Phi) is 3.80. The van der Waals surface area contributed by atoms with Crippen LogP contribution >= 0.6 is 11.3 Å². The molecule has 3 rings (SSSR count). The van der Waals surface area contributed by atoms with Crippen molar-refractivity contribution in [2.24, 2.45) is 0 Å². The molecule has 3 N–H and O–H groups in total. The first-order chi connectivity index (χ1) is 10.6. The Morgan fingerprint density at radius 2 is 1.91 bits per heavy atom. The Morgan fingerprint density at radius 1 is 1.18 bits per heavy atom. The molecule has 1 heterocycles. The number of methoxy groups -OCH3 is 1. The molecule has 0 spiro atoms. The highest BCUT2D eigenvalue weighted by molar-refractivity contribution is 7.22. The zero-order valence-electron chi connectivity index (χ0n) is 11.7. The maximum absolute atomic E-state index is 11.2. The van der Waals surface area contributed by atoms with Gasteiger partial charge in [0.2, 0.25) is 0 Å². The van der Waals surface area contributed by atoms with E-state index in [-0.39, 0.29) is 0 Å². The number of hydrogen-bond donors (Lipinski definition) is 2. The van der Waals surface area contributed by atoms with Gasteiger partial charge in [-0.1, -0.05) is 11.3 Å². The maximum Gasteiger partial charge on any atom is 0.413 e. The number of hydrogen-bond acceptors (Lipinski definition) is 6. The number of rotatable bonds is 3. The number of carbonyl (C=O) groups excluding carboxylic acids is 1. The van der Waals surface area contributed by atoms with Crippen molar-refractivity contribution in [3.63, 3.8) is 0 Å². The average molecular weight is 315 g/mol. The molecule has 3 aromatic rings. The first-order valence-electron chi connectivity index (χ1n) is 6.43. The number of benzene rings is 2. The van der Waals surface area contributed by atoms with Gasteiger partial charge in [-0.05, 0) is 36.4 Å². The van der Waals surface area contributed by atoms with Crippen LogP contribution in [0.5, 0.6) is 11.5 Å². The minimum absolute atomic E-state index is 0.478. The van der Waals surface area contributed by atoms with Gasteiger partial charge in [-0.3, -0.25) is 5.32 Å². The predicted octanol–water partition coefficient (Wildman–Crippen LogP) is 3.85. The van der Waals surface area contributed by atoms with Gasteiger partial charge in [-0.2, -0.15) is 0 Å². The lowest BCUT2D eigenvalue weighted by atomic mass is 10.3. The summed E-state index contributed by atoms with van der Waals surface area (Å²) in [5.41, 5.74) is 7.10. The number of anilines is 2. The lowest BCUT2D eigenvalue weighted by Crippen LogP contribution is -2.10. The molecule has 0 saturated heterocycles. The standard InChI is InChI=1S/C15H13N3O3S/c1-20-15(19)18-14-17-12-7-6-11(8-13(12)22-14)21-10-4-2-9(16)3-5-10/h2-8H,16H2,1H3,(H,17,18,19). The van der Waals surface area contributed by atoms with Crippen LogP contribution in [0, 0.1) is 0 Å². The number of nitrogens with one attached hydrogen (secondary N) is 1. The van der Waals surface area contributed by atoms with Crippen molar-refractivity contribution in [2.75, 3.05) is 18.2 Å². The van der Waals surface area contributed by atoms with Gasteiger partial charge in [0.25, 0.3) is 0 Å². The molecule has 0 radical (unpaired) electrons. The largest absolute Gasteiger partial charge is 0.457 e. The molecular weight excluding hydrogens is 302 g/mol. The molecule has 22 heavy (non-hydrogen) atoms. The number of fused-ring (bicyclic) bond motifs is 1. The molecule has 0 aliphatic rings. The van der Waals surface area contributed by atoms with Gasteiger partial charge in [0.15, 0.2) is 5.13 Å². The number of carbonyl (C=O) groups is 1. The zero-order valence-corrected chi connectivity index (χ0v) is 12.5. The van der Waals surface area contributed by atoms with Crippen molar-refractivity contribution in [3.8, 4) is 11.5 Å². The Bertz CT molecular complexity index is 815. The van der Waals surface area contributed by atoms with Gasteiger partial charge in [0, 0.05) is 11.8 Å². The zero-order chi connectivity index (χ0) is 15.5. The third kappa shape index (κ3) is 3.09. The molecule has 0 saturated carbocycles. The van der Waals surface area contributed by atoms with Crippen molar-refractivity contribution < 1.29 is 14.3 Å². The van der Waals surface area contributed by atoms with Crippen LogP contribution in [-0.2, 0) is 4.74 Å². The number of nitrogens with two attached hydrogens (primary N) is 1. The van der Waals surface area contributed by atoms with E-state index >= 15 is 0 Å². The third-order valence-corrected chi connectivity index (χ3v) is 3.80. The molecule has 1 amide bonds. The van der Waals surface area contributed by atoms with Crippen molar-refractivity contribution >= 4 is 38.5 Å². The lowest BCUT2D eigenvalue weighted by Gasteiger charge is -2.05. The normalized spacial score (nSPS) is 10.4. The second-order valence-electron chi connectivity index (χ2n) is 4.44. The number of amides is 1. The van der Waals surface area contributed by atoms with Gasteiger partial charge in [0.1, 0.15) is 11.5 Å². The highest BCUT2D eigenvalue weighted by atomic mass is 32.1. The molecule has 112 valence electrons. The fourth-order valence-corrected chi connectivity index (χ4v) is 2.71. The minimum Gasteiger partial charge on any atom is -0.457 e. The van der Waals surface area contributed by atoms with Crippen molar-refractivity contribution in [1.82, 2.24) is 4.98 Å². The summed E-state index contributed by atoms with van der Waals surface area (Å²) in [6.45, 7) is 0. The smallest absolute Gasteiger partial charge is 0.413 e. The molecule has 0 unspecified atom stereocenters. The van der Waals surface area contributed by atoms with E-state index in [1.807, 2.05) is 18.2 Å². The Labute approximate surface area is 130 Å². The molecule has 1 aromatic heterocycles. The molecule has 6 nitrogen and oxygen atoms in total. The molecule has 0 fully saturated rings. The summed E-state index contributed by atoms with van der Waals surface area (Å²) in [6.07, 6.45) is -0.544. The van der Waals surface area contributed by atoms with E-state index in [2.05, 4.69) is 15.0 Å². The Balaban J connectivity index is 1.83. The van der Waals surface area contributed by atoms with Crippen LogP contribution in [0.3, 0.4) is 0 Å². The SMILES string of the molecule is COC(=O)Nc1nc2ccc(Oc3ccc(N)cc3)cc2s1. The lowest BCUT2D eigenvalue weighted by molar-refractivity contribution is 0.187. The van der Waals surface area contributed by atoms with Crippen molar-refractivity contribution in [1.29, 1.82) is 0 Å². The van der Waals surface area contributed by atoms with Crippen LogP contribution in [0.25, 0.3) is 10.2 Å². The number of ether oxygens (including phenoxy) is 2. The Morgan fingerprint density at radius 3 is 2.64 bits per heavy atom. The van der Waals surface area contributed by atoms with Crippen LogP contribution in [0.4, 0.5) is 15.6 Å². The number of nitrogens with zero attached hydrogens (tertiary/aromatic N) is 1. The summed E-state index contributed by atoms with van der Waals surface area (Å²) in [7, 11) is 1.31. The van der Waals surface area contributed by atoms with E-state index < -0.39 is 6.09 Å². The Hall–Kier alpha value is -2.80. The van der Waals surface area contributed by atoms with Crippen LogP contribution < -0.4 is 15.8 Å². The summed E-state index contributed by atoms with van der Waals surface area (Å²) < 4.78 is 11.2. The monoisotopic (exact) mass is 315 g/mol. The van der Waals surface area contributed by atoms with E-state index in [4.69, 9.17) is 10.5 Å². The summed E-state index contributed by atoms with van der Waals surface area (Å²) in [4.78, 5) is 15.5. The maximum atomic E-state index is 11.2. The summed E-state index contributed by atoms with van der Waals surface area (Å²) >= 11 is 1.35. The summed E-state index contributed by atoms with van der Waals surface area (Å²) in [5, 5.41) is 3.03. The topological polar surface area (TPSA) is 86.5 Å². The molecule has 0 bridgehead atoms. The first-order valence-corrected chi connectivity index (χ1v) is 7.24. The van der Waals surface area contributed by atoms with Gasteiger partial charge in [0.05, 0.1) is 17.3 Å². The molecule has 0 atom stereocenters. The van der Waals surface area contributed by atoms with E-state index in [9.17, 15) is 4.79 Å². The average Bonchev–Trinajstić information content (AvgIpc) is 2.91. The van der Waals surface area contributed by atoms with E-state index in [0.29, 0.717) is 22.3 Å².